The molecular formula is C19H21NO2. The van der Waals surface area contributed by atoms with Crippen LogP contribution in [0.2, 0.25) is 0 Å². The van der Waals surface area contributed by atoms with Crippen LogP contribution in [-0.4, -0.2) is 24.3 Å². The summed E-state index contributed by atoms with van der Waals surface area (Å²) in [5.74, 6) is 0.558. The lowest BCUT2D eigenvalue weighted by atomic mass is 9.89. The maximum absolute atomic E-state index is 6.12. The zero-order valence-electron chi connectivity index (χ0n) is 12.6. The highest BCUT2D eigenvalue weighted by molar-refractivity contribution is 5.19. The monoisotopic (exact) mass is 295 g/mol. The Morgan fingerprint density at radius 2 is 1.64 bits per heavy atom. The highest BCUT2D eigenvalue weighted by Gasteiger charge is 2.41. The lowest BCUT2D eigenvalue weighted by Gasteiger charge is -2.34. The van der Waals surface area contributed by atoms with Crippen molar-refractivity contribution in [2.24, 2.45) is 5.92 Å². The maximum Gasteiger partial charge on any atom is 0.0829 e. The van der Waals surface area contributed by atoms with Gasteiger partial charge < -0.3 is 4.74 Å². The van der Waals surface area contributed by atoms with E-state index in [0.717, 1.165) is 26.2 Å². The summed E-state index contributed by atoms with van der Waals surface area (Å²) in [5.41, 5.74) is 2.57. The Morgan fingerprint density at radius 1 is 0.909 bits per heavy atom. The van der Waals surface area contributed by atoms with E-state index < -0.39 is 0 Å². The molecule has 3 atom stereocenters. The van der Waals surface area contributed by atoms with Gasteiger partial charge in [-0.05, 0) is 17.5 Å². The fraction of sp³-hybridized carbons (Fsp3) is 0.368. The average Bonchev–Trinajstić information content (AvgIpc) is 2.99. The summed E-state index contributed by atoms with van der Waals surface area (Å²) < 4.78 is 6.12. The SMILES string of the molecule is c1ccc(CN2OC[C@@H]3C[C@@H](c4ccccc4)OC[C@@H]32)cc1. The van der Waals surface area contributed by atoms with Crippen molar-refractivity contribution in [2.45, 2.75) is 25.1 Å². The van der Waals surface area contributed by atoms with Crippen LogP contribution in [0.1, 0.15) is 23.7 Å². The van der Waals surface area contributed by atoms with Gasteiger partial charge in [-0.3, -0.25) is 4.84 Å². The minimum Gasteiger partial charge on any atom is -0.372 e. The van der Waals surface area contributed by atoms with Crippen molar-refractivity contribution >= 4 is 0 Å². The van der Waals surface area contributed by atoms with Crippen molar-refractivity contribution in [3.05, 3.63) is 71.8 Å². The van der Waals surface area contributed by atoms with Gasteiger partial charge >= 0.3 is 0 Å². The Labute approximate surface area is 131 Å². The summed E-state index contributed by atoms with van der Waals surface area (Å²) in [5, 5.41) is 2.11. The third-order valence-corrected chi connectivity index (χ3v) is 4.71. The van der Waals surface area contributed by atoms with E-state index in [9.17, 15) is 0 Å². The third-order valence-electron chi connectivity index (χ3n) is 4.71. The summed E-state index contributed by atoms with van der Waals surface area (Å²) in [4.78, 5) is 5.94. The lowest BCUT2D eigenvalue weighted by molar-refractivity contribution is -0.157. The Morgan fingerprint density at radius 3 is 2.41 bits per heavy atom. The number of nitrogens with zero attached hydrogens (tertiary/aromatic N) is 1. The molecule has 0 unspecified atom stereocenters. The molecule has 3 nitrogen and oxygen atoms in total. The van der Waals surface area contributed by atoms with E-state index in [-0.39, 0.29) is 6.10 Å². The molecule has 114 valence electrons. The van der Waals surface area contributed by atoms with Crippen molar-refractivity contribution < 1.29 is 9.57 Å². The number of ether oxygens (including phenoxy) is 1. The molecule has 0 aromatic heterocycles. The van der Waals surface area contributed by atoms with E-state index in [1.807, 2.05) is 6.07 Å². The van der Waals surface area contributed by atoms with Crippen molar-refractivity contribution in [3.63, 3.8) is 0 Å². The minimum absolute atomic E-state index is 0.211. The molecule has 0 N–H and O–H groups in total. The summed E-state index contributed by atoms with van der Waals surface area (Å²) in [6.45, 7) is 2.39. The van der Waals surface area contributed by atoms with Gasteiger partial charge in [-0.25, -0.2) is 0 Å². The molecule has 4 rings (SSSR count). The second kappa shape index (κ2) is 6.21. The molecule has 0 aliphatic carbocycles. The molecular weight excluding hydrogens is 274 g/mol. The molecule has 2 aromatic rings. The minimum atomic E-state index is 0.211. The molecule has 2 fully saturated rings. The molecule has 2 aliphatic rings. The Bertz CT molecular complexity index is 601. The molecule has 0 spiro atoms. The molecule has 0 radical (unpaired) electrons. The van der Waals surface area contributed by atoms with E-state index in [1.165, 1.54) is 11.1 Å². The topological polar surface area (TPSA) is 21.7 Å². The van der Waals surface area contributed by atoms with Crippen LogP contribution in [0.5, 0.6) is 0 Å². The standard InChI is InChI=1S/C19H21NO2/c1-3-7-15(8-4-1)12-20-18-14-21-19(11-17(18)13-22-20)16-9-5-2-6-10-16/h1-10,17-19H,11-14H2/t17-,18-,19-/m0/s1. The highest BCUT2D eigenvalue weighted by Crippen LogP contribution is 2.37. The first-order valence-electron chi connectivity index (χ1n) is 8.00. The normalized spacial score (nSPS) is 28.5. The van der Waals surface area contributed by atoms with Crippen molar-refractivity contribution in [2.75, 3.05) is 13.2 Å². The van der Waals surface area contributed by atoms with Gasteiger partial charge in [-0.15, -0.1) is 0 Å². The predicted octanol–water partition coefficient (Wildman–Crippen LogP) is 3.58. The molecule has 2 aromatic carbocycles. The van der Waals surface area contributed by atoms with Crippen LogP contribution in [0.4, 0.5) is 0 Å². The van der Waals surface area contributed by atoms with Crippen LogP contribution in [0, 0.1) is 5.92 Å². The van der Waals surface area contributed by atoms with E-state index in [1.54, 1.807) is 0 Å². The number of hydroxylamine groups is 2. The molecule has 2 saturated heterocycles. The first kappa shape index (κ1) is 13.9. The Hall–Kier alpha value is -1.68. The van der Waals surface area contributed by atoms with Gasteiger partial charge in [0, 0.05) is 12.5 Å². The zero-order valence-corrected chi connectivity index (χ0v) is 12.6. The maximum atomic E-state index is 6.12. The first-order valence-corrected chi connectivity index (χ1v) is 8.00. The number of benzene rings is 2. The lowest BCUT2D eigenvalue weighted by Crippen LogP contribution is -2.40. The largest absolute Gasteiger partial charge is 0.372 e. The molecule has 0 amide bonds. The van der Waals surface area contributed by atoms with E-state index >= 15 is 0 Å². The van der Waals surface area contributed by atoms with Crippen molar-refractivity contribution in [3.8, 4) is 0 Å². The van der Waals surface area contributed by atoms with Crippen LogP contribution in [0.3, 0.4) is 0 Å². The van der Waals surface area contributed by atoms with Gasteiger partial charge in [0.25, 0.3) is 0 Å². The number of fused-ring (bicyclic) bond motifs is 1. The summed E-state index contributed by atoms with van der Waals surface area (Å²) in [7, 11) is 0. The van der Waals surface area contributed by atoms with Crippen molar-refractivity contribution in [1.29, 1.82) is 0 Å². The Kier molecular flexibility index (Phi) is 3.94. The van der Waals surface area contributed by atoms with Crippen LogP contribution in [0.25, 0.3) is 0 Å². The number of hydrogen-bond acceptors (Lipinski definition) is 3. The van der Waals surface area contributed by atoms with E-state index in [0.29, 0.717) is 12.0 Å². The third kappa shape index (κ3) is 2.80. The summed E-state index contributed by atoms with van der Waals surface area (Å²) in [6, 6.07) is 21.4. The van der Waals surface area contributed by atoms with Crippen molar-refractivity contribution in [1.82, 2.24) is 5.06 Å². The number of rotatable bonds is 3. The molecule has 3 heteroatoms. The van der Waals surface area contributed by atoms with Crippen LogP contribution in [-0.2, 0) is 16.1 Å². The van der Waals surface area contributed by atoms with Gasteiger partial charge in [0.1, 0.15) is 0 Å². The van der Waals surface area contributed by atoms with Crippen LogP contribution in [0.15, 0.2) is 60.7 Å². The van der Waals surface area contributed by atoms with E-state index in [2.05, 4.69) is 59.7 Å². The fourth-order valence-electron chi connectivity index (χ4n) is 3.46. The van der Waals surface area contributed by atoms with Gasteiger partial charge in [0.2, 0.25) is 0 Å². The average molecular weight is 295 g/mol. The quantitative estimate of drug-likeness (QED) is 0.864. The molecule has 22 heavy (non-hydrogen) atoms. The number of hydrogen-bond donors (Lipinski definition) is 0. The summed E-state index contributed by atoms with van der Waals surface area (Å²) in [6.07, 6.45) is 1.25. The first-order chi connectivity index (χ1) is 10.9. The Balaban J connectivity index is 1.42. The van der Waals surface area contributed by atoms with Crippen LogP contribution < -0.4 is 0 Å². The second-order valence-corrected chi connectivity index (χ2v) is 6.15. The molecule has 2 heterocycles. The molecule has 0 saturated carbocycles. The molecule has 0 bridgehead atoms. The summed E-state index contributed by atoms with van der Waals surface area (Å²) >= 11 is 0. The second-order valence-electron chi connectivity index (χ2n) is 6.15. The van der Waals surface area contributed by atoms with Gasteiger partial charge in [-0.1, -0.05) is 60.7 Å². The van der Waals surface area contributed by atoms with Gasteiger partial charge in [0.05, 0.1) is 25.4 Å². The van der Waals surface area contributed by atoms with Crippen LogP contribution >= 0.6 is 0 Å². The van der Waals surface area contributed by atoms with Gasteiger partial charge in [-0.2, -0.15) is 5.06 Å². The zero-order chi connectivity index (χ0) is 14.8. The van der Waals surface area contributed by atoms with E-state index in [4.69, 9.17) is 9.57 Å². The highest BCUT2D eigenvalue weighted by atomic mass is 16.7. The molecule has 2 aliphatic heterocycles. The fourth-order valence-corrected chi connectivity index (χ4v) is 3.46. The predicted molar refractivity (Wildman–Crippen MR) is 85.0 cm³/mol. The smallest absolute Gasteiger partial charge is 0.0829 e. The van der Waals surface area contributed by atoms with Gasteiger partial charge in [0.15, 0.2) is 0 Å².